The van der Waals surface area contributed by atoms with Crippen LogP contribution in [0.3, 0.4) is 0 Å². The van der Waals surface area contributed by atoms with Crippen LogP contribution in [0, 0.1) is 0 Å². The Morgan fingerprint density at radius 2 is 1.85 bits per heavy atom. The number of aromatic nitrogens is 1. The average molecular weight is 386 g/mol. The lowest BCUT2D eigenvalue weighted by Crippen LogP contribution is -2.56. The molecule has 0 spiro atoms. The zero-order chi connectivity index (χ0) is 19.1. The van der Waals surface area contributed by atoms with E-state index in [0.717, 1.165) is 18.2 Å². The number of nitrogens with one attached hydrogen (secondary N) is 1. The van der Waals surface area contributed by atoms with E-state index in [0.29, 0.717) is 29.2 Å². The summed E-state index contributed by atoms with van der Waals surface area (Å²) >= 11 is 5.83. The van der Waals surface area contributed by atoms with Crippen molar-refractivity contribution in [2.75, 3.05) is 13.1 Å². The minimum atomic E-state index is -0.193. The highest BCUT2D eigenvalue weighted by Crippen LogP contribution is 2.33. The predicted molar refractivity (Wildman–Crippen MR) is 104 cm³/mol. The molecule has 2 saturated heterocycles. The molecule has 6 nitrogen and oxygen atoms in total. The molecule has 140 valence electrons. The normalized spacial score (nSPS) is 22.4. The van der Waals surface area contributed by atoms with Gasteiger partial charge in [-0.3, -0.25) is 14.4 Å². The number of amides is 2. The molecule has 2 bridgehead atoms. The standard InChI is InChI=1S/C20H20ClN3O3/c1-12(21)9-19(26)23-10-13-5-6-14(11-23)24(13)20(27)16-3-2-4-17-15(16)7-8-18(25)22-17/h2-4,7-9,13-14H,5-6,10-11H2,1H3,(H,22,25)/b12-9-. The third-order valence-corrected chi connectivity index (χ3v) is 5.46. The van der Waals surface area contributed by atoms with Gasteiger partial charge in [-0.05, 0) is 38.0 Å². The van der Waals surface area contributed by atoms with E-state index in [1.807, 2.05) is 4.90 Å². The first-order valence-electron chi connectivity index (χ1n) is 9.01. The lowest BCUT2D eigenvalue weighted by atomic mass is 10.0. The molecule has 2 unspecified atom stereocenters. The van der Waals surface area contributed by atoms with Crippen LogP contribution in [0.4, 0.5) is 0 Å². The van der Waals surface area contributed by atoms with E-state index in [4.69, 9.17) is 11.6 Å². The van der Waals surface area contributed by atoms with E-state index in [1.54, 1.807) is 36.1 Å². The van der Waals surface area contributed by atoms with Gasteiger partial charge in [-0.25, -0.2) is 0 Å². The number of aromatic amines is 1. The predicted octanol–water partition coefficient (Wildman–Crippen LogP) is 2.49. The van der Waals surface area contributed by atoms with Gasteiger partial charge in [-0.1, -0.05) is 17.7 Å². The molecule has 1 aromatic heterocycles. The SMILES string of the molecule is C/C(Cl)=C/C(=O)N1CC2CCC(C1)N2C(=O)c1cccc2[nH]c(=O)ccc12. The monoisotopic (exact) mass is 385 g/mol. The first-order chi connectivity index (χ1) is 12.9. The molecule has 2 aliphatic heterocycles. The zero-order valence-corrected chi connectivity index (χ0v) is 15.7. The first-order valence-corrected chi connectivity index (χ1v) is 9.39. The number of halogens is 1. The van der Waals surface area contributed by atoms with Gasteiger partial charge in [0.25, 0.3) is 5.91 Å². The fourth-order valence-electron chi connectivity index (χ4n) is 4.19. The van der Waals surface area contributed by atoms with Gasteiger partial charge in [-0.15, -0.1) is 0 Å². The number of H-pyrrole nitrogens is 1. The van der Waals surface area contributed by atoms with Gasteiger partial charge in [-0.2, -0.15) is 0 Å². The van der Waals surface area contributed by atoms with Crippen molar-refractivity contribution in [2.45, 2.75) is 31.8 Å². The molecular formula is C20H20ClN3O3. The van der Waals surface area contributed by atoms with E-state index >= 15 is 0 Å². The number of hydrogen-bond donors (Lipinski definition) is 1. The number of fused-ring (bicyclic) bond motifs is 3. The van der Waals surface area contributed by atoms with Gasteiger partial charge in [0.2, 0.25) is 11.5 Å². The number of benzene rings is 1. The molecule has 4 rings (SSSR count). The largest absolute Gasteiger partial charge is 0.335 e. The van der Waals surface area contributed by atoms with Crippen LogP contribution >= 0.6 is 11.6 Å². The molecular weight excluding hydrogens is 366 g/mol. The Morgan fingerprint density at radius 1 is 1.15 bits per heavy atom. The smallest absolute Gasteiger partial charge is 0.255 e. The summed E-state index contributed by atoms with van der Waals surface area (Å²) in [6.07, 6.45) is 3.19. The number of allylic oxidation sites excluding steroid dienone is 1. The van der Waals surface area contributed by atoms with Gasteiger partial charge in [0.15, 0.2) is 0 Å². The summed E-state index contributed by atoms with van der Waals surface area (Å²) in [6.45, 7) is 2.71. The maximum Gasteiger partial charge on any atom is 0.255 e. The van der Waals surface area contributed by atoms with Crippen LogP contribution in [-0.4, -0.2) is 51.8 Å². The van der Waals surface area contributed by atoms with E-state index in [1.165, 1.54) is 12.1 Å². The summed E-state index contributed by atoms with van der Waals surface area (Å²) < 4.78 is 0. The Balaban J connectivity index is 1.62. The second kappa shape index (κ2) is 6.85. The van der Waals surface area contributed by atoms with E-state index in [9.17, 15) is 14.4 Å². The highest BCUT2D eigenvalue weighted by atomic mass is 35.5. The Morgan fingerprint density at radius 3 is 2.52 bits per heavy atom. The third-order valence-electron chi connectivity index (χ3n) is 5.35. The molecule has 2 aliphatic rings. The number of likely N-dealkylation sites (tertiary alicyclic amines) is 1. The van der Waals surface area contributed by atoms with Gasteiger partial charge < -0.3 is 14.8 Å². The van der Waals surface area contributed by atoms with Crippen molar-refractivity contribution in [3.63, 3.8) is 0 Å². The minimum absolute atomic E-state index is 0.00208. The number of pyridine rings is 1. The third kappa shape index (κ3) is 3.25. The van der Waals surface area contributed by atoms with Crippen molar-refractivity contribution in [2.24, 2.45) is 0 Å². The molecule has 1 N–H and O–H groups in total. The van der Waals surface area contributed by atoms with Crippen molar-refractivity contribution in [3.8, 4) is 0 Å². The molecule has 0 radical (unpaired) electrons. The zero-order valence-electron chi connectivity index (χ0n) is 14.9. The number of nitrogens with zero attached hydrogens (tertiary/aromatic N) is 2. The number of rotatable bonds is 2. The second-order valence-electron chi connectivity index (χ2n) is 7.16. The molecule has 0 aliphatic carbocycles. The maximum atomic E-state index is 13.3. The van der Waals surface area contributed by atoms with E-state index < -0.39 is 0 Å². The summed E-state index contributed by atoms with van der Waals surface area (Å²) in [5, 5.41) is 1.19. The summed E-state index contributed by atoms with van der Waals surface area (Å²) in [4.78, 5) is 43.6. The van der Waals surface area contributed by atoms with Gasteiger partial charge in [0, 0.05) is 46.7 Å². The van der Waals surface area contributed by atoms with Gasteiger partial charge in [0.1, 0.15) is 0 Å². The first kappa shape index (κ1) is 17.8. The second-order valence-corrected chi connectivity index (χ2v) is 7.76. The number of carbonyl (C=O) groups excluding carboxylic acids is 2. The lowest BCUT2D eigenvalue weighted by molar-refractivity contribution is -0.128. The van der Waals surface area contributed by atoms with Crippen molar-refractivity contribution >= 4 is 34.3 Å². The summed E-state index contributed by atoms with van der Waals surface area (Å²) in [5.41, 5.74) is 1.04. The maximum absolute atomic E-state index is 13.3. The highest BCUT2D eigenvalue weighted by Gasteiger charge is 2.43. The van der Waals surface area contributed by atoms with Crippen LogP contribution < -0.4 is 5.56 Å². The summed E-state index contributed by atoms with van der Waals surface area (Å²) in [6, 6.07) is 8.49. The van der Waals surface area contributed by atoms with Crippen LogP contribution in [0.15, 0.2) is 46.2 Å². The van der Waals surface area contributed by atoms with Crippen molar-refractivity contribution in [3.05, 3.63) is 57.4 Å². The summed E-state index contributed by atoms with van der Waals surface area (Å²) in [5.74, 6) is -0.148. The average Bonchev–Trinajstić information content (AvgIpc) is 2.89. The Labute approximate surface area is 161 Å². The van der Waals surface area contributed by atoms with E-state index in [2.05, 4.69) is 4.98 Å². The molecule has 2 fully saturated rings. The molecule has 27 heavy (non-hydrogen) atoms. The molecule has 3 heterocycles. The Hall–Kier alpha value is -2.60. The Bertz CT molecular complexity index is 995. The van der Waals surface area contributed by atoms with Crippen molar-refractivity contribution in [1.82, 2.24) is 14.8 Å². The fourth-order valence-corrected chi connectivity index (χ4v) is 4.28. The van der Waals surface area contributed by atoms with Gasteiger partial charge in [0.05, 0.1) is 12.1 Å². The quantitative estimate of drug-likeness (QED) is 0.807. The summed E-state index contributed by atoms with van der Waals surface area (Å²) in [7, 11) is 0. The van der Waals surface area contributed by atoms with Crippen molar-refractivity contribution in [1.29, 1.82) is 0 Å². The van der Waals surface area contributed by atoms with Crippen LogP contribution in [0.5, 0.6) is 0 Å². The van der Waals surface area contributed by atoms with Crippen molar-refractivity contribution < 1.29 is 9.59 Å². The van der Waals surface area contributed by atoms with Crippen LogP contribution in [-0.2, 0) is 4.79 Å². The van der Waals surface area contributed by atoms with Crippen LogP contribution in [0.2, 0.25) is 0 Å². The molecule has 1 aromatic carbocycles. The van der Waals surface area contributed by atoms with Gasteiger partial charge >= 0.3 is 0 Å². The lowest BCUT2D eigenvalue weighted by Gasteiger charge is -2.41. The topological polar surface area (TPSA) is 73.5 Å². The highest BCUT2D eigenvalue weighted by molar-refractivity contribution is 6.30. The number of hydrogen-bond acceptors (Lipinski definition) is 3. The number of piperazine rings is 1. The molecule has 0 saturated carbocycles. The Kier molecular flexibility index (Phi) is 4.52. The minimum Gasteiger partial charge on any atom is -0.335 e. The fraction of sp³-hybridized carbons (Fsp3) is 0.350. The molecule has 2 atom stereocenters. The van der Waals surface area contributed by atoms with Crippen LogP contribution in [0.1, 0.15) is 30.1 Å². The molecule has 2 amide bonds. The molecule has 2 aromatic rings. The molecule has 7 heteroatoms. The number of carbonyl (C=O) groups is 2. The van der Waals surface area contributed by atoms with E-state index in [-0.39, 0.29) is 29.5 Å². The van der Waals surface area contributed by atoms with Crippen LogP contribution in [0.25, 0.3) is 10.9 Å².